The molecule has 236 valence electrons. The molecule has 0 radical (unpaired) electrons. The molecule has 0 aromatic heterocycles. The zero-order valence-electron chi connectivity index (χ0n) is 24.8. The van der Waals surface area contributed by atoms with Crippen LogP contribution in [0.1, 0.15) is 39.2 Å². The molecule has 2 aliphatic heterocycles. The first-order valence-electron chi connectivity index (χ1n) is 14.5. The van der Waals surface area contributed by atoms with E-state index in [9.17, 15) is 33.9 Å². The molecule has 2 fully saturated rings. The lowest BCUT2D eigenvalue weighted by Gasteiger charge is -2.29. The van der Waals surface area contributed by atoms with Crippen molar-refractivity contribution < 1.29 is 38.6 Å². The molecule has 6 N–H and O–H groups in total. The average Bonchev–Trinajstić information content (AvgIpc) is 3.52. The molecule has 0 bridgehead atoms. The first-order valence-corrected chi connectivity index (χ1v) is 14.5. The Balaban J connectivity index is 1.89. The summed E-state index contributed by atoms with van der Waals surface area (Å²) < 4.78 is 5.52. The zero-order chi connectivity index (χ0) is 31.5. The van der Waals surface area contributed by atoms with Gasteiger partial charge in [0.25, 0.3) is 5.91 Å². The smallest absolute Gasteiger partial charge is 0.252 e. The number of hydrogen-bond donors (Lipinski definition) is 6. The van der Waals surface area contributed by atoms with Crippen molar-refractivity contribution in [2.45, 2.75) is 70.3 Å². The van der Waals surface area contributed by atoms with Crippen LogP contribution in [0.4, 0.5) is 0 Å². The van der Waals surface area contributed by atoms with E-state index in [1.165, 1.54) is 11.8 Å². The second-order valence-corrected chi connectivity index (χ2v) is 11.1. The lowest BCUT2D eigenvalue weighted by atomic mass is 10.0. The first-order chi connectivity index (χ1) is 20.5. The molecule has 6 amide bonds. The molecule has 14 heteroatoms. The van der Waals surface area contributed by atoms with Crippen LogP contribution in [0.5, 0.6) is 0 Å². The highest BCUT2D eigenvalue weighted by molar-refractivity contribution is 5.96. The fraction of sp³-hybridized carbons (Fsp3) is 0.586. The molecular weight excluding hydrogens is 560 g/mol. The predicted molar refractivity (Wildman–Crippen MR) is 154 cm³/mol. The monoisotopic (exact) mass is 602 g/mol. The minimum Gasteiger partial charge on any atom is -0.394 e. The molecule has 2 saturated heterocycles. The SMILES string of the molecule is CC(C)[C@H]1NC(=O)CN(C(=O)[C@@H]2CCCO2)CCNC(=O)[C@@H](Cc2ccccc2)NC(=O)[C@H](CO)NC(=O)[C@H](C)NC1=O. The largest absolute Gasteiger partial charge is 0.394 e. The molecule has 0 aliphatic carbocycles. The van der Waals surface area contributed by atoms with Crippen LogP contribution in [-0.2, 0) is 39.9 Å². The molecule has 0 saturated carbocycles. The summed E-state index contributed by atoms with van der Waals surface area (Å²) in [6, 6.07) is 4.29. The second-order valence-electron chi connectivity index (χ2n) is 11.1. The van der Waals surface area contributed by atoms with Gasteiger partial charge < -0.3 is 41.3 Å². The highest BCUT2D eigenvalue weighted by Crippen LogP contribution is 2.15. The first kappa shape index (κ1) is 33.5. The van der Waals surface area contributed by atoms with Gasteiger partial charge >= 0.3 is 0 Å². The number of nitrogens with zero attached hydrogens (tertiary/aromatic N) is 1. The lowest BCUT2D eigenvalue weighted by Crippen LogP contribution is -2.60. The van der Waals surface area contributed by atoms with Crippen molar-refractivity contribution in [2.75, 3.05) is 32.8 Å². The molecule has 3 rings (SSSR count). The maximum atomic E-state index is 13.3. The summed E-state index contributed by atoms with van der Waals surface area (Å²) in [5, 5.41) is 22.8. The van der Waals surface area contributed by atoms with Crippen molar-refractivity contribution in [3.8, 4) is 0 Å². The van der Waals surface area contributed by atoms with E-state index in [1.54, 1.807) is 38.1 Å². The third-order valence-corrected chi connectivity index (χ3v) is 7.28. The molecule has 14 nitrogen and oxygen atoms in total. The molecule has 1 aromatic rings. The Labute approximate surface area is 250 Å². The van der Waals surface area contributed by atoms with Gasteiger partial charge in [0.2, 0.25) is 29.5 Å². The minimum atomic E-state index is -1.41. The molecule has 43 heavy (non-hydrogen) atoms. The fourth-order valence-corrected chi connectivity index (χ4v) is 4.80. The van der Waals surface area contributed by atoms with E-state index < -0.39 is 72.3 Å². The molecule has 2 heterocycles. The maximum Gasteiger partial charge on any atom is 0.252 e. The van der Waals surface area contributed by atoms with Gasteiger partial charge in [-0.05, 0) is 31.2 Å². The summed E-state index contributed by atoms with van der Waals surface area (Å²) in [6.07, 6.45) is 0.585. The van der Waals surface area contributed by atoms with Gasteiger partial charge in [0.15, 0.2) is 0 Å². The Morgan fingerprint density at radius 3 is 2.28 bits per heavy atom. The molecule has 0 spiro atoms. The molecule has 2 aliphatic rings. The number of hydrogen-bond acceptors (Lipinski definition) is 8. The van der Waals surface area contributed by atoms with Gasteiger partial charge in [-0.15, -0.1) is 0 Å². The highest BCUT2D eigenvalue weighted by atomic mass is 16.5. The van der Waals surface area contributed by atoms with Crippen LogP contribution in [0.15, 0.2) is 30.3 Å². The van der Waals surface area contributed by atoms with Crippen molar-refractivity contribution >= 4 is 35.4 Å². The van der Waals surface area contributed by atoms with Crippen molar-refractivity contribution in [1.82, 2.24) is 31.5 Å². The maximum absolute atomic E-state index is 13.3. The van der Waals surface area contributed by atoms with Crippen LogP contribution < -0.4 is 26.6 Å². The molecular formula is C29H42N6O8. The van der Waals surface area contributed by atoms with Gasteiger partial charge in [-0.2, -0.15) is 0 Å². The quantitative estimate of drug-likeness (QED) is 0.222. The Hall–Kier alpha value is -4.04. The highest BCUT2D eigenvalue weighted by Gasteiger charge is 2.33. The number of carbonyl (C=O) groups excluding carboxylic acids is 6. The van der Waals surface area contributed by atoms with Crippen LogP contribution >= 0.6 is 0 Å². The third kappa shape index (κ3) is 9.75. The van der Waals surface area contributed by atoms with E-state index in [0.29, 0.717) is 19.4 Å². The Morgan fingerprint density at radius 2 is 1.65 bits per heavy atom. The Bertz CT molecular complexity index is 1160. The normalized spacial score (nSPS) is 26.9. The predicted octanol–water partition coefficient (Wildman–Crippen LogP) is -2.03. The summed E-state index contributed by atoms with van der Waals surface area (Å²) in [7, 11) is 0. The van der Waals surface area contributed by atoms with Crippen LogP contribution in [0, 0.1) is 5.92 Å². The summed E-state index contributed by atoms with van der Waals surface area (Å²) in [4.78, 5) is 79.9. The third-order valence-electron chi connectivity index (χ3n) is 7.28. The summed E-state index contributed by atoms with van der Waals surface area (Å²) in [5.74, 6) is -4.13. The van der Waals surface area contributed by atoms with Crippen LogP contribution in [0.3, 0.4) is 0 Å². The number of benzene rings is 1. The zero-order valence-corrected chi connectivity index (χ0v) is 24.8. The van der Waals surface area contributed by atoms with Crippen LogP contribution in [-0.4, -0.2) is 109 Å². The average molecular weight is 603 g/mol. The van der Waals surface area contributed by atoms with Gasteiger partial charge in [0.05, 0.1) is 13.2 Å². The fourth-order valence-electron chi connectivity index (χ4n) is 4.80. The van der Waals surface area contributed by atoms with Crippen molar-refractivity contribution in [3.63, 3.8) is 0 Å². The molecule has 0 unspecified atom stereocenters. The van der Waals surface area contributed by atoms with E-state index in [1.807, 2.05) is 6.07 Å². The number of nitrogens with one attached hydrogen (secondary N) is 5. The van der Waals surface area contributed by atoms with Crippen molar-refractivity contribution in [3.05, 3.63) is 35.9 Å². The van der Waals surface area contributed by atoms with Crippen LogP contribution in [0.25, 0.3) is 0 Å². The topological polar surface area (TPSA) is 195 Å². The van der Waals surface area contributed by atoms with Gasteiger partial charge in [-0.3, -0.25) is 28.8 Å². The number of ether oxygens (including phenoxy) is 1. The Kier molecular flexibility index (Phi) is 12.4. The van der Waals surface area contributed by atoms with E-state index in [0.717, 1.165) is 5.56 Å². The van der Waals surface area contributed by atoms with Crippen LogP contribution in [0.2, 0.25) is 0 Å². The standard InChI is InChI=1S/C29H42N6O8/c1-17(2)24-28(41)31-18(3)25(38)33-21(16-36)27(40)32-20(14-19-8-5-4-6-9-19)26(39)30-11-12-35(15-23(37)34-24)29(42)22-10-7-13-43-22/h4-6,8-9,17-18,20-22,24,36H,7,10-16H2,1-3H3,(H,30,39)(H,31,41)(H,32,40)(H,33,38)(H,34,37)/t18-,20+,21-,22-,24+/m0/s1. The number of aliphatic hydroxyl groups is 1. The second kappa shape index (κ2) is 16.0. The number of rotatable bonds is 5. The van der Waals surface area contributed by atoms with Crippen molar-refractivity contribution in [2.24, 2.45) is 5.92 Å². The number of amides is 6. The molecule has 1 aromatic carbocycles. The van der Waals surface area contributed by atoms with E-state index in [-0.39, 0.29) is 32.0 Å². The lowest BCUT2D eigenvalue weighted by molar-refractivity contribution is -0.144. The van der Waals surface area contributed by atoms with E-state index >= 15 is 0 Å². The minimum absolute atomic E-state index is 0.0330. The molecule has 5 atom stereocenters. The number of carbonyl (C=O) groups is 6. The summed E-state index contributed by atoms with van der Waals surface area (Å²) in [6.45, 7) is 4.02. The van der Waals surface area contributed by atoms with Crippen molar-refractivity contribution in [1.29, 1.82) is 0 Å². The number of aliphatic hydroxyl groups excluding tert-OH is 1. The summed E-state index contributed by atoms with van der Waals surface area (Å²) in [5.41, 5.74) is 0.748. The summed E-state index contributed by atoms with van der Waals surface area (Å²) >= 11 is 0. The van der Waals surface area contributed by atoms with Gasteiger partial charge in [0, 0.05) is 26.1 Å². The van der Waals surface area contributed by atoms with Gasteiger partial charge in [-0.1, -0.05) is 44.2 Å². The van der Waals surface area contributed by atoms with Gasteiger partial charge in [-0.25, -0.2) is 0 Å². The van der Waals surface area contributed by atoms with E-state index in [2.05, 4.69) is 26.6 Å². The van der Waals surface area contributed by atoms with E-state index in [4.69, 9.17) is 4.74 Å². The van der Waals surface area contributed by atoms with Gasteiger partial charge in [0.1, 0.15) is 30.3 Å². The Morgan fingerprint density at radius 1 is 0.953 bits per heavy atom.